The van der Waals surface area contributed by atoms with E-state index in [9.17, 15) is 9.59 Å². The van der Waals surface area contributed by atoms with Gasteiger partial charge in [0.2, 0.25) is 11.8 Å². The molecule has 1 saturated carbocycles. The summed E-state index contributed by atoms with van der Waals surface area (Å²) >= 11 is 0. The van der Waals surface area contributed by atoms with Crippen LogP contribution in [0.15, 0.2) is 0 Å². The number of piperazine rings is 1. The number of amides is 2. The van der Waals surface area contributed by atoms with Gasteiger partial charge in [0.05, 0.1) is 6.61 Å². The van der Waals surface area contributed by atoms with Gasteiger partial charge < -0.3 is 15.0 Å². The molecule has 1 saturated heterocycles. The molecule has 2 amide bonds. The molecule has 1 aliphatic heterocycles. The van der Waals surface area contributed by atoms with E-state index in [1.807, 2.05) is 6.92 Å². The predicted octanol–water partition coefficient (Wildman–Crippen LogP) is 1.07. The first-order valence-corrected chi connectivity index (χ1v) is 7.27. The molecule has 2 aliphatic rings. The summed E-state index contributed by atoms with van der Waals surface area (Å²) in [7, 11) is 1.62. The molecule has 2 rings (SSSR count). The molecule has 108 valence electrons. The zero-order valence-corrected chi connectivity index (χ0v) is 11.9. The third kappa shape index (κ3) is 2.48. The highest BCUT2D eigenvalue weighted by molar-refractivity contribution is 5.99. The maximum absolute atomic E-state index is 12.5. The number of hydrogen-bond donors (Lipinski definition) is 1. The van der Waals surface area contributed by atoms with Crippen LogP contribution in [0.3, 0.4) is 0 Å². The fraction of sp³-hybridized carbons (Fsp3) is 0.857. The second-order valence-electron chi connectivity index (χ2n) is 5.51. The molecule has 0 radical (unpaired) electrons. The summed E-state index contributed by atoms with van der Waals surface area (Å²) in [5.41, 5.74) is -0.612. The Morgan fingerprint density at radius 2 is 2.00 bits per heavy atom. The van der Waals surface area contributed by atoms with Gasteiger partial charge in [-0.2, -0.15) is 0 Å². The summed E-state index contributed by atoms with van der Waals surface area (Å²) in [4.78, 5) is 26.8. The van der Waals surface area contributed by atoms with Crippen molar-refractivity contribution in [2.45, 2.75) is 57.0 Å². The lowest BCUT2D eigenvalue weighted by molar-refractivity contribution is -0.161. The minimum absolute atomic E-state index is 0.0368. The van der Waals surface area contributed by atoms with Gasteiger partial charge in [-0.15, -0.1) is 0 Å². The van der Waals surface area contributed by atoms with Gasteiger partial charge in [0.15, 0.2) is 0 Å². The SMILES string of the molecule is CCC1NC(=O)C2(CCCCC2)N(CCOC)C1=O. The number of rotatable bonds is 4. The molecule has 2 fully saturated rings. The first-order valence-electron chi connectivity index (χ1n) is 7.27. The second kappa shape index (κ2) is 5.90. The van der Waals surface area contributed by atoms with Crippen molar-refractivity contribution < 1.29 is 14.3 Å². The normalized spacial score (nSPS) is 26.6. The largest absolute Gasteiger partial charge is 0.383 e. The average Bonchev–Trinajstić information content (AvgIpc) is 2.44. The number of carbonyl (C=O) groups is 2. The van der Waals surface area contributed by atoms with Crippen LogP contribution in [-0.4, -0.2) is 48.6 Å². The summed E-state index contributed by atoms with van der Waals surface area (Å²) in [6.45, 7) is 2.92. The fourth-order valence-electron chi connectivity index (χ4n) is 3.29. The lowest BCUT2D eigenvalue weighted by Crippen LogP contribution is -2.71. The van der Waals surface area contributed by atoms with Crippen LogP contribution in [0.5, 0.6) is 0 Å². The van der Waals surface area contributed by atoms with E-state index in [1.165, 1.54) is 0 Å². The van der Waals surface area contributed by atoms with E-state index in [0.717, 1.165) is 32.1 Å². The fourth-order valence-corrected chi connectivity index (χ4v) is 3.29. The molecule has 0 aromatic carbocycles. The minimum Gasteiger partial charge on any atom is -0.383 e. The third-order valence-corrected chi connectivity index (χ3v) is 4.42. The highest BCUT2D eigenvalue weighted by Crippen LogP contribution is 2.36. The lowest BCUT2D eigenvalue weighted by atomic mass is 9.77. The van der Waals surface area contributed by atoms with E-state index in [2.05, 4.69) is 5.32 Å². The van der Waals surface area contributed by atoms with E-state index in [0.29, 0.717) is 19.6 Å². The zero-order chi connectivity index (χ0) is 13.9. The minimum atomic E-state index is -0.612. The second-order valence-corrected chi connectivity index (χ2v) is 5.51. The van der Waals surface area contributed by atoms with Crippen molar-refractivity contribution in [1.82, 2.24) is 10.2 Å². The number of hydrogen-bond acceptors (Lipinski definition) is 3. The Balaban J connectivity index is 2.26. The molecule has 5 nitrogen and oxygen atoms in total. The van der Waals surface area contributed by atoms with E-state index in [-0.39, 0.29) is 17.9 Å². The van der Waals surface area contributed by atoms with Crippen molar-refractivity contribution in [2.75, 3.05) is 20.3 Å². The number of nitrogens with zero attached hydrogens (tertiary/aromatic N) is 1. The van der Waals surface area contributed by atoms with E-state index < -0.39 is 5.54 Å². The number of carbonyl (C=O) groups excluding carboxylic acids is 2. The molecule has 19 heavy (non-hydrogen) atoms. The molecular weight excluding hydrogens is 244 g/mol. The summed E-state index contributed by atoms with van der Waals surface area (Å²) in [6.07, 6.45) is 5.39. The lowest BCUT2D eigenvalue weighted by Gasteiger charge is -2.50. The van der Waals surface area contributed by atoms with Crippen LogP contribution in [0.25, 0.3) is 0 Å². The Kier molecular flexibility index (Phi) is 4.45. The van der Waals surface area contributed by atoms with Crippen LogP contribution in [0.4, 0.5) is 0 Å². The van der Waals surface area contributed by atoms with Crippen molar-refractivity contribution in [3.63, 3.8) is 0 Å². The molecule has 1 heterocycles. The predicted molar refractivity (Wildman–Crippen MR) is 71.6 cm³/mol. The highest BCUT2D eigenvalue weighted by Gasteiger charge is 2.51. The maximum atomic E-state index is 12.5. The van der Waals surface area contributed by atoms with E-state index >= 15 is 0 Å². The molecule has 1 unspecified atom stereocenters. The number of nitrogens with one attached hydrogen (secondary N) is 1. The molecule has 1 N–H and O–H groups in total. The van der Waals surface area contributed by atoms with Crippen LogP contribution in [0, 0.1) is 0 Å². The van der Waals surface area contributed by atoms with Gasteiger partial charge in [0.1, 0.15) is 11.6 Å². The first kappa shape index (κ1) is 14.3. The Morgan fingerprint density at radius 3 is 2.58 bits per heavy atom. The Hall–Kier alpha value is -1.10. The summed E-state index contributed by atoms with van der Waals surface area (Å²) < 4.78 is 5.11. The summed E-state index contributed by atoms with van der Waals surface area (Å²) in [5.74, 6) is 0.0933. The van der Waals surface area contributed by atoms with Crippen LogP contribution < -0.4 is 5.32 Å². The van der Waals surface area contributed by atoms with Crippen LogP contribution in [0.2, 0.25) is 0 Å². The molecule has 1 spiro atoms. The van der Waals surface area contributed by atoms with Gasteiger partial charge in [-0.3, -0.25) is 9.59 Å². The van der Waals surface area contributed by atoms with E-state index in [1.54, 1.807) is 12.0 Å². The van der Waals surface area contributed by atoms with Gasteiger partial charge in [-0.25, -0.2) is 0 Å². The summed E-state index contributed by atoms with van der Waals surface area (Å²) in [6, 6.07) is -0.364. The van der Waals surface area contributed by atoms with Gasteiger partial charge in [-0.1, -0.05) is 26.2 Å². The smallest absolute Gasteiger partial charge is 0.246 e. The Morgan fingerprint density at radius 1 is 1.32 bits per heavy atom. The van der Waals surface area contributed by atoms with Crippen LogP contribution >= 0.6 is 0 Å². The zero-order valence-electron chi connectivity index (χ0n) is 11.9. The van der Waals surface area contributed by atoms with Crippen molar-refractivity contribution in [1.29, 1.82) is 0 Å². The molecule has 0 aromatic rings. The maximum Gasteiger partial charge on any atom is 0.246 e. The van der Waals surface area contributed by atoms with Crippen LogP contribution in [0.1, 0.15) is 45.4 Å². The Bertz CT molecular complexity index is 351. The van der Waals surface area contributed by atoms with Crippen LogP contribution in [-0.2, 0) is 14.3 Å². The standard InChI is InChI=1S/C14H24N2O3/c1-3-11-12(17)16(9-10-19-2)14(13(18)15-11)7-5-4-6-8-14/h11H,3-10H2,1-2H3,(H,15,18). The molecule has 1 aliphatic carbocycles. The van der Waals surface area contributed by atoms with Crippen molar-refractivity contribution >= 4 is 11.8 Å². The number of methoxy groups -OCH3 is 1. The first-order chi connectivity index (χ1) is 9.15. The molecule has 0 bridgehead atoms. The van der Waals surface area contributed by atoms with Gasteiger partial charge in [0, 0.05) is 13.7 Å². The molecule has 0 aromatic heterocycles. The quantitative estimate of drug-likeness (QED) is 0.830. The van der Waals surface area contributed by atoms with Gasteiger partial charge in [-0.05, 0) is 19.3 Å². The monoisotopic (exact) mass is 268 g/mol. The van der Waals surface area contributed by atoms with Gasteiger partial charge >= 0.3 is 0 Å². The highest BCUT2D eigenvalue weighted by atomic mass is 16.5. The van der Waals surface area contributed by atoms with Crippen molar-refractivity contribution in [3.8, 4) is 0 Å². The topological polar surface area (TPSA) is 58.6 Å². The van der Waals surface area contributed by atoms with Crippen molar-refractivity contribution in [2.24, 2.45) is 0 Å². The van der Waals surface area contributed by atoms with Gasteiger partial charge in [0.25, 0.3) is 0 Å². The third-order valence-electron chi connectivity index (χ3n) is 4.42. The summed E-state index contributed by atoms with van der Waals surface area (Å²) in [5, 5.41) is 2.91. The molecular formula is C14H24N2O3. The van der Waals surface area contributed by atoms with E-state index in [4.69, 9.17) is 4.74 Å². The van der Waals surface area contributed by atoms with Crippen molar-refractivity contribution in [3.05, 3.63) is 0 Å². The molecule has 5 heteroatoms. The number of ether oxygens (including phenoxy) is 1. The Labute approximate surface area is 114 Å². The average molecular weight is 268 g/mol. The molecule has 1 atom stereocenters.